The third-order valence-corrected chi connectivity index (χ3v) is 5.15. The quantitative estimate of drug-likeness (QED) is 0.610. The standard InChI is InChI=1S/C24H27N3O2/c1-17-20(18-9-6-5-7-10-18)11-8-12-22(17)27-16-19-15-26(14-13-21(19)25-27)23(28)29-24(2,3)4/h5-12,16H,13-15H2,1-4H3. The van der Waals surface area contributed by atoms with Gasteiger partial charge in [-0.05, 0) is 50.5 Å². The largest absolute Gasteiger partial charge is 0.444 e. The molecule has 2 heterocycles. The van der Waals surface area contributed by atoms with Crippen molar-refractivity contribution in [3.63, 3.8) is 0 Å². The second-order valence-corrected chi connectivity index (χ2v) is 8.51. The average Bonchev–Trinajstić information content (AvgIpc) is 3.10. The van der Waals surface area contributed by atoms with E-state index < -0.39 is 5.60 Å². The first-order chi connectivity index (χ1) is 13.8. The van der Waals surface area contributed by atoms with Crippen LogP contribution in [0.2, 0.25) is 0 Å². The number of hydrogen-bond donors (Lipinski definition) is 0. The minimum atomic E-state index is -0.490. The topological polar surface area (TPSA) is 47.4 Å². The molecule has 1 aliphatic heterocycles. The molecule has 2 aromatic carbocycles. The van der Waals surface area contributed by atoms with Gasteiger partial charge < -0.3 is 9.64 Å². The average molecular weight is 389 g/mol. The molecule has 0 aliphatic carbocycles. The van der Waals surface area contributed by atoms with Crippen LogP contribution in [0, 0.1) is 6.92 Å². The smallest absolute Gasteiger partial charge is 0.410 e. The highest BCUT2D eigenvalue weighted by Gasteiger charge is 2.27. The van der Waals surface area contributed by atoms with Gasteiger partial charge in [0.2, 0.25) is 0 Å². The molecule has 0 saturated heterocycles. The van der Waals surface area contributed by atoms with Crippen LogP contribution in [-0.4, -0.2) is 32.9 Å². The lowest BCUT2D eigenvalue weighted by Gasteiger charge is -2.29. The molecule has 1 aliphatic rings. The SMILES string of the molecule is Cc1c(-c2ccccc2)cccc1-n1cc2c(n1)CCN(C(=O)OC(C)(C)C)C2. The van der Waals surface area contributed by atoms with Crippen LogP contribution in [0.15, 0.2) is 54.7 Å². The van der Waals surface area contributed by atoms with E-state index in [-0.39, 0.29) is 6.09 Å². The molecule has 150 valence electrons. The third-order valence-electron chi connectivity index (χ3n) is 5.15. The lowest BCUT2D eigenvalue weighted by Crippen LogP contribution is -2.39. The lowest BCUT2D eigenvalue weighted by atomic mass is 9.99. The van der Waals surface area contributed by atoms with E-state index >= 15 is 0 Å². The Morgan fingerprint density at radius 3 is 2.55 bits per heavy atom. The normalized spacial score (nSPS) is 13.9. The zero-order chi connectivity index (χ0) is 20.6. The number of fused-ring (bicyclic) bond motifs is 1. The summed E-state index contributed by atoms with van der Waals surface area (Å²) in [4.78, 5) is 14.2. The van der Waals surface area contributed by atoms with E-state index in [0.717, 1.165) is 23.4 Å². The van der Waals surface area contributed by atoms with Crippen LogP contribution in [0.4, 0.5) is 4.79 Å². The van der Waals surface area contributed by atoms with Crippen molar-refractivity contribution in [3.8, 4) is 16.8 Å². The highest BCUT2D eigenvalue weighted by atomic mass is 16.6. The van der Waals surface area contributed by atoms with Gasteiger partial charge in [0.15, 0.2) is 0 Å². The Kier molecular flexibility index (Phi) is 4.91. The Balaban J connectivity index is 1.61. The number of ether oxygens (including phenoxy) is 1. The van der Waals surface area contributed by atoms with Crippen molar-refractivity contribution >= 4 is 6.09 Å². The van der Waals surface area contributed by atoms with Gasteiger partial charge in [-0.1, -0.05) is 42.5 Å². The van der Waals surface area contributed by atoms with Crippen molar-refractivity contribution in [1.29, 1.82) is 0 Å². The van der Waals surface area contributed by atoms with E-state index in [1.54, 1.807) is 4.90 Å². The molecule has 3 aromatic rings. The summed E-state index contributed by atoms with van der Waals surface area (Å²) in [5.74, 6) is 0. The second-order valence-electron chi connectivity index (χ2n) is 8.51. The molecular formula is C24H27N3O2. The highest BCUT2D eigenvalue weighted by Crippen LogP contribution is 2.29. The predicted molar refractivity (Wildman–Crippen MR) is 114 cm³/mol. The van der Waals surface area contributed by atoms with Crippen molar-refractivity contribution < 1.29 is 9.53 Å². The molecule has 0 bridgehead atoms. The third kappa shape index (κ3) is 4.04. The van der Waals surface area contributed by atoms with Crippen molar-refractivity contribution in [3.05, 3.63) is 71.5 Å². The summed E-state index contributed by atoms with van der Waals surface area (Å²) in [6, 6.07) is 16.7. The summed E-state index contributed by atoms with van der Waals surface area (Å²) in [6.45, 7) is 8.96. The van der Waals surface area contributed by atoms with E-state index in [4.69, 9.17) is 9.84 Å². The summed E-state index contributed by atoms with van der Waals surface area (Å²) in [5, 5.41) is 4.82. The Morgan fingerprint density at radius 2 is 1.83 bits per heavy atom. The first-order valence-corrected chi connectivity index (χ1v) is 10.0. The Labute approximate surface area is 171 Å². The molecule has 5 heteroatoms. The maximum atomic E-state index is 12.4. The zero-order valence-corrected chi connectivity index (χ0v) is 17.5. The molecule has 0 radical (unpaired) electrons. The molecule has 0 saturated carbocycles. The summed E-state index contributed by atoms with van der Waals surface area (Å²) in [6.07, 6.45) is 2.51. The fraction of sp³-hybridized carbons (Fsp3) is 0.333. The maximum Gasteiger partial charge on any atom is 0.410 e. The molecule has 5 nitrogen and oxygen atoms in total. The molecule has 0 atom stereocenters. The van der Waals surface area contributed by atoms with Crippen LogP contribution < -0.4 is 0 Å². The van der Waals surface area contributed by atoms with Crippen LogP contribution in [0.1, 0.15) is 37.6 Å². The molecule has 4 rings (SSSR count). The second kappa shape index (κ2) is 7.39. The van der Waals surface area contributed by atoms with Gasteiger partial charge >= 0.3 is 6.09 Å². The first kappa shape index (κ1) is 19.2. The number of nitrogens with zero attached hydrogens (tertiary/aromatic N) is 3. The van der Waals surface area contributed by atoms with Gasteiger partial charge in [-0.25, -0.2) is 9.48 Å². The maximum absolute atomic E-state index is 12.4. The Hall–Kier alpha value is -3.08. The fourth-order valence-corrected chi connectivity index (χ4v) is 3.72. The summed E-state index contributed by atoms with van der Waals surface area (Å²) >= 11 is 0. The number of aromatic nitrogens is 2. The van der Waals surface area contributed by atoms with Crippen molar-refractivity contribution in [2.24, 2.45) is 0 Å². The van der Waals surface area contributed by atoms with Crippen LogP contribution in [-0.2, 0) is 17.7 Å². The van der Waals surface area contributed by atoms with Crippen LogP contribution >= 0.6 is 0 Å². The minimum Gasteiger partial charge on any atom is -0.444 e. The van der Waals surface area contributed by atoms with Gasteiger partial charge in [-0.15, -0.1) is 0 Å². The number of benzene rings is 2. The Bertz CT molecular complexity index is 1030. The number of carbonyl (C=O) groups excluding carboxylic acids is 1. The molecule has 1 amide bonds. The van der Waals surface area contributed by atoms with E-state index in [1.165, 1.54) is 16.7 Å². The van der Waals surface area contributed by atoms with Gasteiger partial charge in [-0.2, -0.15) is 5.10 Å². The van der Waals surface area contributed by atoms with E-state index in [2.05, 4.69) is 49.4 Å². The van der Waals surface area contributed by atoms with Gasteiger partial charge in [0, 0.05) is 24.7 Å². The molecular weight excluding hydrogens is 362 g/mol. The van der Waals surface area contributed by atoms with E-state index in [1.807, 2.05) is 37.7 Å². The van der Waals surface area contributed by atoms with Gasteiger partial charge in [0.05, 0.1) is 17.9 Å². The summed E-state index contributed by atoms with van der Waals surface area (Å²) in [7, 11) is 0. The minimum absolute atomic E-state index is 0.266. The molecule has 29 heavy (non-hydrogen) atoms. The summed E-state index contributed by atoms with van der Waals surface area (Å²) < 4.78 is 7.48. The fourth-order valence-electron chi connectivity index (χ4n) is 3.72. The number of hydrogen-bond acceptors (Lipinski definition) is 3. The van der Waals surface area contributed by atoms with E-state index in [9.17, 15) is 4.79 Å². The van der Waals surface area contributed by atoms with Crippen molar-refractivity contribution in [2.45, 2.75) is 46.3 Å². The predicted octanol–water partition coefficient (Wildman–Crippen LogP) is 5.14. The van der Waals surface area contributed by atoms with Crippen LogP contribution in [0.3, 0.4) is 0 Å². The first-order valence-electron chi connectivity index (χ1n) is 10.0. The zero-order valence-electron chi connectivity index (χ0n) is 17.5. The van der Waals surface area contributed by atoms with E-state index in [0.29, 0.717) is 13.1 Å². The van der Waals surface area contributed by atoms with Gasteiger partial charge in [0.25, 0.3) is 0 Å². The monoisotopic (exact) mass is 389 g/mol. The number of amides is 1. The highest BCUT2D eigenvalue weighted by molar-refractivity contribution is 5.71. The number of rotatable bonds is 2. The molecule has 0 fully saturated rings. The van der Waals surface area contributed by atoms with Crippen LogP contribution in [0.25, 0.3) is 16.8 Å². The Morgan fingerprint density at radius 1 is 1.07 bits per heavy atom. The van der Waals surface area contributed by atoms with Crippen molar-refractivity contribution in [2.75, 3.05) is 6.54 Å². The molecule has 0 unspecified atom stereocenters. The summed E-state index contributed by atoms with van der Waals surface area (Å²) in [5.41, 5.74) is 6.27. The molecule has 0 N–H and O–H groups in total. The van der Waals surface area contributed by atoms with Crippen LogP contribution in [0.5, 0.6) is 0 Å². The molecule has 0 spiro atoms. The van der Waals surface area contributed by atoms with Gasteiger partial charge in [-0.3, -0.25) is 0 Å². The lowest BCUT2D eigenvalue weighted by molar-refractivity contribution is 0.0223. The van der Waals surface area contributed by atoms with Crippen molar-refractivity contribution in [1.82, 2.24) is 14.7 Å². The number of carbonyl (C=O) groups is 1. The van der Waals surface area contributed by atoms with Gasteiger partial charge in [0.1, 0.15) is 5.60 Å². The molecule has 1 aromatic heterocycles.